The van der Waals surface area contributed by atoms with Crippen molar-refractivity contribution >= 4 is 27.5 Å². The van der Waals surface area contributed by atoms with Crippen molar-refractivity contribution in [1.82, 2.24) is 9.55 Å². The molecule has 24 heavy (non-hydrogen) atoms. The van der Waals surface area contributed by atoms with Crippen LogP contribution in [0.1, 0.15) is 25.2 Å². The van der Waals surface area contributed by atoms with Crippen molar-refractivity contribution in [3.63, 3.8) is 0 Å². The van der Waals surface area contributed by atoms with Crippen LogP contribution in [0.2, 0.25) is 0 Å². The largest absolute Gasteiger partial charge is 0.368 e. The topological polar surface area (TPSA) is 78.0 Å². The maximum Gasteiger partial charge on any atom is 0.263 e. The van der Waals surface area contributed by atoms with Crippen LogP contribution in [0.4, 0.5) is 4.39 Å². The maximum atomic E-state index is 13.2. The third kappa shape index (κ3) is 2.60. The predicted octanol–water partition coefficient (Wildman–Crippen LogP) is 3.01. The van der Waals surface area contributed by atoms with Gasteiger partial charge >= 0.3 is 0 Å². The number of thiophene rings is 1. The van der Waals surface area contributed by atoms with Crippen molar-refractivity contribution in [2.24, 2.45) is 5.73 Å². The molecule has 0 aliphatic rings. The van der Waals surface area contributed by atoms with Gasteiger partial charge in [0.25, 0.3) is 5.56 Å². The number of hydrogen-bond acceptors (Lipinski definition) is 4. The smallest absolute Gasteiger partial charge is 0.263 e. The number of aromatic nitrogens is 2. The molecule has 2 aromatic heterocycles. The van der Waals surface area contributed by atoms with E-state index in [2.05, 4.69) is 4.98 Å². The van der Waals surface area contributed by atoms with Gasteiger partial charge in [0.1, 0.15) is 22.5 Å². The quantitative estimate of drug-likeness (QED) is 0.789. The molecule has 124 valence electrons. The Bertz CT molecular complexity index is 976. The highest BCUT2D eigenvalue weighted by Gasteiger charge is 2.23. The first-order valence-corrected chi connectivity index (χ1v) is 8.37. The van der Waals surface area contributed by atoms with E-state index < -0.39 is 11.9 Å². The van der Waals surface area contributed by atoms with Crippen molar-refractivity contribution in [2.75, 3.05) is 0 Å². The van der Waals surface area contributed by atoms with Crippen LogP contribution in [0.15, 0.2) is 34.4 Å². The molecule has 2 heterocycles. The molecule has 0 aliphatic carbocycles. The Morgan fingerprint density at radius 1 is 1.38 bits per heavy atom. The zero-order valence-electron chi connectivity index (χ0n) is 13.2. The Labute approximate surface area is 141 Å². The highest BCUT2D eigenvalue weighted by Crippen LogP contribution is 2.31. The van der Waals surface area contributed by atoms with Crippen LogP contribution < -0.4 is 11.3 Å². The van der Waals surface area contributed by atoms with Crippen LogP contribution in [0, 0.1) is 12.7 Å². The Balaban J connectivity index is 2.30. The van der Waals surface area contributed by atoms with Gasteiger partial charge in [-0.05, 0) is 31.0 Å². The summed E-state index contributed by atoms with van der Waals surface area (Å²) in [6.45, 7) is 3.48. The van der Waals surface area contributed by atoms with Gasteiger partial charge < -0.3 is 5.73 Å². The lowest BCUT2D eigenvalue weighted by molar-refractivity contribution is -0.121. The minimum absolute atomic E-state index is 0.302. The van der Waals surface area contributed by atoms with E-state index in [1.807, 2.05) is 5.38 Å². The van der Waals surface area contributed by atoms with E-state index in [4.69, 9.17) is 5.73 Å². The first kappa shape index (κ1) is 16.3. The fourth-order valence-electron chi connectivity index (χ4n) is 2.82. The molecule has 0 saturated heterocycles. The van der Waals surface area contributed by atoms with Crippen molar-refractivity contribution in [2.45, 2.75) is 26.3 Å². The van der Waals surface area contributed by atoms with E-state index >= 15 is 0 Å². The molecule has 1 unspecified atom stereocenters. The van der Waals surface area contributed by atoms with Gasteiger partial charge in [-0.15, -0.1) is 11.3 Å². The number of amides is 1. The molecule has 1 atom stereocenters. The monoisotopic (exact) mass is 345 g/mol. The molecule has 0 spiro atoms. The number of rotatable bonds is 4. The van der Waals surface area contributed by atoms with Gasteiger partial charge in [0, 0.05) is 10.9 Å². The number of aryl methyl sites for hydroxylation is 1. The average Bonchev–Trinajstić information content (AvgIpc) is 2.95. The summed E-state index contributed by atoms with van der Waals surface area (Å²) in [6, 6.07) is 5.18. The molecule has 2 N–H and O–H groups in total. The van der Waals surface area contributed by atoms with Gasteiger partial charge in [0.15, 0.2) is 0 Å². The zero-order valence-corrected chi connectivity index (χ0v) is 14.1. The summed E-state index contributed by atoms with van der Waals surface area (Å²) in [7, 11) is 0. The second kappa shape index (κ2) is 6.16. The standard InChI is InChI=1S/C17H16FN3O2S/c1-3-13(15(19)22)21-9(2)20-16-14(17(21)23)12(8-24-16)10-4-6-11(18)7-5-10/h4-8,13H,3H2,1-2H3,(H2,19,22). The van der Waals surface area contributed by atoms with Crippen molar-refractivity contribution < 1.29 is 9.18 Å². The van der Waals surface area contributed by atoms with E-state index in [-0.39, 0.29) is 11.4 Å². The molecule has 7 heteroatoms. The van der Waals surface area contributed by atoms with Gasteiger partial charge in [-0.25, -0.2) is 9.37 Å². The molecular weight excluding hydrogens is 329 g/mol. The Morgan fingerprint density at radius 2 is 2.04 bits per heavy atom. The van der Waals surface area contributed by atoms with Crippen LogP contribution in [0.3, 0.4) is 0 Å². The molecule has 0 bridgehead atoms. The lowest BCUT2D eigenvalue weighted by Gasteiger charge is -2.17. The maximum absolute atomic E-state index is 13.2. The summed E-state index contributed by atoms with van der Waals surface area (Å²) in [4.78, 5) is 29.8. The van der Waals surface area contributed by atoms with Gasteiger partial charge in [-0.1, -0.05) is 19.1 Å². The first-order chi connectivity index (χ1) is 11.4. The van der Waals surface area contributed by atoms with E-state index in [0.29, 0.717) is 28.0 Å². The van der Waals surface area contributed by atoms with Crippen LogP contribution in [-0.2, 0) is 4.79 Å². The normalized spacial score (nSPS) is 12.5. The van der Waals surface area contributed by atoms with Crippen molar-refractivity contribution in [3.8, 4) is 11.1 Å². The molecule has 3 rings (SSSR count). The van der Waals surface area contributed by atoms with Crippen LogP contribution >= 0.6 is 11.3 Å². The number of carbonyl (C=O) groups excluding carboxylic acids is 1. The molecule has 0 aliphatic heterocycles. The van der Waals surface area contributed by atoms with Gasteiger partial charge in [0.2, 0.25) is 5.91 Å². The minimum atomic E-state index is -0.740. The Hall–Kier alpha value is -2.54. The lowest BCUT2D eigenvalue weighted by Crippen LogP contribution is -2.35. The number of nitrogens with zero attached hydrogens (tertiary/aromatic N) is 2. The molecule has 0 saturated carbocycles. The molecule has 3 aromatic rings. The summed E-state index contributed by atoms with van der Waals surface area (Å²) in [5.74, 6) is -0.461. The number of benzene rings is 1. The van der Waals surface area contributed by atoms with Gasteiger partial charge in [0.05, 0.1) is 5.39 Å². The Morgan fingerprint density at radius 3 is 2.62 bits per heavy atom. The predicted molar refractivity (Wildman–Crippen MR) is 92.5 cm³/mol. The Kier molecular flexibility index (Phi) is 4.19. The summed E-state index contributed by atoms with van der Waals surface area (Å²) >= 11 is 1.34. The molecular formula is C17H16FN3O2S. The van der Waals surface area contributed by atoms with Crippen molar-refractivity contribution in [3.05, 3.63) is 51.6 Å². The molecule has 1 aromatic carbocycles. The number of hydrogen-bond donors (Lipinski definition) is 1. The number of carbonyl (C=O) groups is 1. The summed E-state index contributed by atoms with van der Waals surface area (Å²) in [6.07, 6.45) is 0.402. The van der Waals surface area contributed by atoms with E-state index in [0.717, 1.165) is 5.56 Å². The third-order valence-electron chi connectivity index (χ3n) is 4.00. The second-order valence-electron chi connectivity index (χ2n) is 5.50. The minimum Gasteiger partial charge on any atom is -0.368 e. The fraction of sp³-hybridized carbons (Fsp3) is 0.235. The second-order valence-corrected chi connectivity index (χ2v) is 6.36. The lowest BCUT2D eigenvalue weighted by atomic mass is 10.1. The zero-order chi connectivity index (χ0) is 17.4. The average molecular weight is 345 g/mol. The third-order valence-corrected chi connectivity index (χ3v) is 4.87. The number of fused-ring (bicyclic) bond motifs is 1. The highest BCUT2D eigenvalue weighted by atomic mass is 32.1. The molecule has 0 radical (unpaired) electrons. The van der Waals surface area contributed by atoms with E-state index in [1.54, 1.807) is 26.0 Å². The van der Waals surface area contributed by atoms with Crippen LogP contribution in [0.5, 0.6) is 0 Å². The highest BCUT2D eigenvalue weighted by molar-refractivity contribution is 7.17. The van der Waals surface area contributed by atoms with Gasteiger partial charge in [-0.3, -0.25) is 14.2 Å². The first-order valence-electron chi connectivity index (χ1n) is 7.49. The fourth-order valence-corrected chi connectivity index (χ4v) is 3.81. The van der Waals surface area contributed by atoms with Gasteiger partial charge in [-0.2, -0.15) is 0 Å². The summed E-state index contributed by atoms with van der Waals surface area (Å²) < 4.78 is 14.5. The number of nitrogens with two attached hydrogens (primary N) is 1. The number of primary amides is 1. The molecule has 0 fully saturated rings. The summed E-state index contributed by atoms with van der Waals surface area (Å²) in [5, 5.41) is 2.25. The van der Waals surface area contributed by atoms with E-state index in [1.165, 1.54) is 28.0 Å². The van der Waals surface area contributed by atoms with Crippen molar-refractivity contribution in [1.29, 1.82) is 0 Å². The van der Waals surface area contributed by atoms with Crippen LogP contribution in [-0.4, -0.2) is 15.5 Å². The van der Waals surface area contributed by atoms with Crippen LogP contribution in [0.25, 0.3) is 21.3 Å². The van der Waals surface area contributed by atoms with E-state index in [9.17, 15) is 14.0 Å². The SMILES string of the molecule is CCC(C(N)=O)n1c(C)nc2scc(-c3ccc(F)cc3)c2c1=O. The molecule has 5 nitrogen and oxygen atoms in total. The summed E-state index contributed by atoms with van der Waals surface area (Å²) in [5.41, 5.74) is 6.54. The number of halogens is 1. The molecule has 1 amide bonds.